The Morgan fingerprint density at radius 3 is 2.34 bits per heavy atom. The fourth-order valence-corrected chi connectivity index (χ4v) is 4.71. The maximum absolute atomic E-state index is 13.3. The van der Waals surface area contributed by atoms with Crippen LogP contribution in [0.5, 0.6) is 5.75 Å². The van der Waals surface area contributed by atoms with Gasteiger partial charge in [0.25, 0.3) is 15.9 Å². The summed E-state index contributed by atoms with van der Waals surface area (Å²) in [6.07, 6.45) is -1.03. The van der Waals surface area contributed by atoms with Gasteiger partial charge in [0.15, 0.2) is 6.10 Å². The number of anilines is 2. The van der Waals surface area contributed by atoms with E-state index in [1.807, 2.05) is 6.07 Å². The van der Waals surface area contributed by atoms with Crippen LogP contribution in [0.15, 0.2) is 83.8 Å². The van der Waals surface area contributed by atoms with Crippen molar-refractivity contribution in [2.24, 2.45) is 0 Å². The summed E-state index contributed by atoms with van der Waals surface area (Å²) >= 11 is 6.09. The quantitative estimate of drug-likeness (QED) is 0.683. The lowest BCUT2D eigenvalue weighted by molar-refractivity contribution is -0.122. The number of ether oxygens (including phenoxy) is 1. The molecule has 0 saturated heterocycles. The topological polar surface area (TPSA) is 75.7 Å². The largest absolute Gasteiger partial charge is 0.476 e. The number of nitrogens with zero attached hydrogens (tertiary/aromatic N) is 1. The second-order valence-corrected chi connectivity index (χ2v) is 8.72. The van der Waals surface area contributed by atoms with Crippen LogP contribution in [0.4, 0.5) is 11.4 Å². The number of fused-ring (bicyclic) bond motifs is 1. The standard InChI is InChI=1S/C21H17ClN2O4S/c22-15-11-12-19-18(13-15)24(29(26,27)17-9-5-2-6-10-17)14-20(28-19)21(25)23-16-7-3-1-4-8-16/h1-13,20H,14H2,(H,23,25)/t20-/m0/s1. The van der Waals surface area contributed by atoms with Crippen LogP contribution in [0.1, 0.15) is 0 Å². The minimum atomic E-state index is -3.92. The third kappa shape index (κ3) is 3.92. The summed E-state index contributed by atoms with van der Waals surface area (Å²) in [6.45, 7) is -0.177. The number of benzene rings is 3. The molecule has 6 nitrogen and oxygen atoms in total. The van der Waals surface area contributed by atoms with Crippen LogP contribution in [0.25, 0.3) is 0 Å². The first kappa shape index (κ1) is 19.3. The average Bonchev–Trinajstić information content (AvgIpc) is 2.74. The van der Waals surface area contributed by atoms with Gasteiger partial charge in [-0.15, -0.1) is 0 Å². The summed E-state index contributed by atoms with van der Waals surface area (Å²) in [5, 5.41) is 3.12. The first-order valence-corrected chi connectivity index (χ1v) is 10.7. The molecule has 29 heavy (non-hydrogen) atoms. The zero-order chi connectivity index (χ0) is 20.4. The zero-order valence-corrected chi connectivity index (χ0v) is 16.7. The molecule has 1 heterocycles. The highest BCUT2D eigenvalue weighted by molar-refractivity contribution is 7.92. The SMILES string of the molecule is O=C(Nc1ccccc1)[C@@H]1CN(S(=O)(=O)c2ccccc2)c2cc(Cl)ccc2O1. The lowest BCUT2D eigenvalue weighted by atomic mass is 10.2. The van der Waals surface area contributed by atoms with E-state index in [1.54, 1.807) is 54.6 Å². The van der Waals surface area contributed by atoms with Gasteiger partial charge in [0, 0.05) is 10.7 Å². The predicted octanol–water partition coefficient (Wildman–Crippen LogP) is 3.94. The molecule has 1 aliphatic rings. The molecule has 0 aromatic heterocycles. The number of carbonyl (C=O) groups excluding carboxylic acids is 1. The highest BCUT2D eigenvalue weighted by Gasteiger charge is 2.37. The molecule has 1 N–H and O–H groups in total. The molecule has 4 rings (SSSR count). The van der Waals surface area contributed by atoms with Crippen LogP contribution in [-0.4, -0.2) is 27.0 Å². The summed E-state index contributed by atoms with van der Waals surface area (Å²) in [4.78, 5) is 12.9. The Morgan fingerprint density at radius 2 is 1.66 bits per heavy atom. The van der Waals surface area contributed by atoms with E-state index < -0.39 is 22.0 Å². The minimum Gasteiger partial charge on any atom is -0.476 e. The Morgan fingerprint density at radius 1 is 1.00 bits per heavy atom. The van der Waals surface area contributed by atoms with Crippen LogP contribution in [0, 0.1) is 0 Å². The van der Waals surface area contributed by atoms with Gasteiger partial charge in [-0.25, -0.2) is 8.42 Å². The summed E-state index contributed by atoms with van der Waals surface area (Å²) < 4.78 is 33.5. The molecule has 8 heteroatoms. The number of hydrogen-bond donors (Lipinski definition) is 1. The number of rotatable bonds is 4. The van der Waals surface area contributed by atoms with E-state index in [0.29, 0.717) is 16.4 Å². The number of carbonyl (C=O) groups is 1. The van der Waals surface area contributed by atoms with Crippen molar-refractivity contribution < 1.29 is 17.9 Å². The van der Waals surface area contributed by atoms with E-state index in [-0.39, 0.29) is 17.2 Å². The van der Waals surface area contributed by atoms with Gasteiger partial charge in [-0.2, -0.15) is 0 Å². The van der Waals surface area contributed by atoms with E-state index in [2.05, 4.69) is 5.32 Å². The maximum atomic E-state index is 13.3. The predicted molar refractivity (Wildman–Crippen MR) is 112 cm³/mol. The van der Waals surface area contributed by atoms with Crippen LogP contribution in [0.3, 0.4) is 0 Å². The van der Waals surface area contributed by atoms with Crippen molar-refractivity contribution in [3.63, 3.8) is 0 Å². The fourth-order valence-electron chi connectivity index (χ4n) is 3.05. The molecule has 1 amide bonds. The molecule has 148 valence electrons. The summed E-state index contributed by atoms with van der Waals surface area (Å²) in [5.41, 5.74) is 0.894. The number of halogens is 1. The Hall–Kier alpha value is -3.03. The van der Waals surface area contributed by atoms with Crippen LogP contribution in [0.2, 0.25) is 5.02 Å². The lowest BCUT2D eigenvalue weighted by Gasteiger charge is -2.34. The Bertz CT molecular complexity index is 1140. The van der Waals surface area contributed by atoms with E-state index in [4.69, 9.17) is 16.3 Å². The second kappa shape index (κ2) is 7.77. The molecular formula is C21H17ClN2O4S. The van der Waals surface area contributed by atoms with E-state index in [0.717, 1.165) is 0 Å². The summed E-state index contributed by atoms with van der Waals surface area (Å²) in [7, 11) is -3.92. The first-order chi connectivity index (χ1) is 13.9. The molecule has 0 radical (unpaired) electrons. The van der Waals surface area contributed by atoms with Crippen LogP contribution < -0.4 is 14.4 Å². The molecule has 3 aromatic carbocycles. The molecule has 1 atom stereocenters. The van der Waals surface area contributed by atoms with Gasteiger partial charge < -0.3 is 10.1 Å². The van der Waals surface area contributed by atoms with Crippen molar-refractivity contribution >= 4 is 38.9 Å². The van der Waals surface area contributed by atoms with Crippen LogP contribution >= 0.6 is 11.6 Å². The van der Waals surface area contributed by atoms with Crippen LogP contribution in [-0.2, 0) is 14.8 Å². The van der Waals surface area contributed by atoms with E-state index in [9.17, 15) is 13.2 Å². The Kier molecular flexibility index (Phi) is 5.17. The molecule has 0 aliphatic carbocycles. The van der Waals surface area contributed by atoms with Crippen molar-refractivity contribution in [3.05, 3.63) is 83.9 Å². The van der Waals surface area contributed by atoms with Crippen molar-refractivity contribution in [2.75, 3.05) is 16.2 Å². The maximum Gasteiger partial charge on any atom is 0.267 e. The molecule has 1 aliphatic heterocycles. The first-order valence-electron chi connectivity index (χ1n) is 8.85. The zero-order valence-electron chi connectivity index (χ0n) is 15.2. The van der Waals surface area contributed by atoms with Gasteiger partial charge in [0.1, 0.15) is 5.75 Å². The molecule has 0 spiro atoms. The lowest BCUT2D eigenvalue weighted by Crippen LogP contribution is -2.48. The number of nitrogens with one attached hydrogen (secondary N) is 1. The molecule has 0 unspecified atom stereocenters. The van der Waals surface area contributed by atoms with Gasteiger partial charge >= 0.3 is 0 Å². The van der Waals surface area contributed by atoms with E-state index in [1.165, 1.54) is 22.5 Å². The second-order valence-electron chi connectivity index (χ2n) is 6.42. The number of para-hydroxylation sites is 1. The molecular weight excluding hydrogens is 412 g/mol. The Balaban J connectivity index is 1.71. The third-order valence-electron chi connectivity index (χ3n) is 4.46. The monoisotopic (exact) mass is 428 g/mol. The van der Waals surface area contributed by atoms with Gasteiger partial charge in [-0.3, -0.25) is 9.10 Å². The number of hydrogen-bond acceptors (Lipinski definition) is 4. The highest BCUT2D eigenvalue weighted by Crippen LogP contribution is 2.39. The van der Waals surface area contributed by atoms with Crippen molar-refractivity contribution in [1.29, 1.82) is 0 Å². The van der Waals surface area contributed by atoms with Gasteiger partial charge in [0.05, 0.1) is 17.1 Å². The van der Waals surface area contributed by atoms with Crippen molar-refractivity contribution in [1.82, 2.24) is 0 Å². The molecule has 0 fully saturated rings. The van der Waals surface area contributed by atoms with Gasteiger partial charge in [0.2, 0.25) is 0 Å². The van der Waals surface area contributed by atoms with Gasteiger partial charge in [-0.05, 0) is 42.5 Å². The van der Waals surface area contributed by atoms with Crippen molar-refractivity contribution in [3.8, 4) is 5.75 Å². The average molecular weight is 429 g/mol. The number of sulfonamides is 1. The fraction of sp³-hybridized carbons (Fsp3) is 0.0952. The van der Waals surface area contributed by atoms with Crippen molar-refractivity contribution in [2.45, 2.75) is 11.0 Å². The molecule has 3 aromatic rings. The highest BCUT2D eigenvalue weighted by atomic mass is 35.5. The third-order valence-corrected chi connectivity index (χ3v) is 6.48. The van der Waals surface area contributed by atoms with Gasteiger partial charge in [-0.1, -0.05) is 48.0 Å². The Labute approximate surface area is 173 Å². The molecule has 0 bridgehead atoms. The normalized spacial score (nSPS) is 15.9. The summed E-state index contributed by atoms with van der Waals surface area (Å²) in [6, 6.07) is 21.6. The smallest absolute Gasteiger partial charge is 0.267 e. The number of amides is 1. The summed E-state index contributed by atoms with van der Waals surface area (Å²) in [5.74, 6) is -0.168. The minimum absolute atomic E-state index is 0.120. The molecule has 0 saturated carbocycles. The van der Waals surface area contributed by atoms with E-state index >= 15 is 0 Å².